The van der Waals surface area contributed by atoms with Gasteiger partial charge in [-0.15, -0.1) is 0 Å². The third-order valence-electron chi connectivity index (χ3n) is 2.82. The van der Waals surface area contributed by atoms with Gasteiger partial charge in [0.05, 0.1) is 23.5 Å². The summed E-state index contributed by atoms with van der Waals surface area (Å²) in [6.07, 6.45) is 0. The van der Waals surface area contributed by atoms with E-state index in [1.807, 2.05) is 11.8 Å². The van der Waals surface area contributed by atoms with Crippen molar-refractivity contribution in [3.8, 4) is 0 Å². The maximum absolute atomic E-state index is 12.0. The normalized spacial score (nSPS) is 11.2. The number of carbonyl (C=O) groups excluding carboxylic acids is 1. The Balaban J connectivity index is 3.17. The molecule has 1 aromatic rings. The minimum Gasteiger partial charge on any atom is -0.462 e. The Bertz CT molecular complexity index is 467. The van der Waals surface area contributed by atoms with Gasteiger partial charge in [-0.25, -0.2) is 4.79 Å². The van der Waals surface area contributed by atoms with E-state index in [4.69, 9.17) is 10.5 Å². The molecule has 0 fully saturated rings. The highest BCUT2D eigenvalue weighted by Crippen LogP contribution is 2.25. The second-order valence-corrected chi connectivity index (χ2v) is 5.32. The van der Waals surface area contributed by atoms with Crippen LogP contribution in [-0.4, -0.2) is 36.4 Å². The van der Waals surface area contributed by atoms with Crippen LogP contribution in [0.25, 0.3) is 0 Å². The molecule has 0 aliphatic heterocycles. The van der Waals surface area contributed by atoms with Gasteiger partial charge in [0.15, 0.2) is 0 Å². The molecule has 0 bridgehead atoms. The van der Waals surface area contributed by atoms with E-state index >= 15 is 0 Å². The highest BCUT2D eigenvalue weighted by atomic mass is 16.5. The second-order valence-electron chi connectivity index (χ2n) is 5.32. The van der Waals surface area contributed by atoms with E-state index in [0.717, 1.165) is 5.69 Å². The lowest BCUT2D eigenvalue weighted by Gasteiger charge is -2.31. The first-order valence-corrected chi connectivity index (χ1v) is 6.82. The quantitative estimate of drug-likeness (QED) is 0.616. The van der Waals surface area contributed by atoms with Crippen LogP contribution in [0.15, 0.2) is 18.2 Å². The fourth-order valence-electron chi connectivity index (χ4n) is 2.04. The van der Waals surface area contributed by atoms with Crippen molar-refractivity contribution in [3.63, 3.8) is 0 Å². The van der Waals surface area contributed by atoms with Crippen molar-refractivity contribution in [2.75, 3.05) is 30.3 Å². The van der Waals surface area contributed by atoms with E-state index < -0.39 is 11.6 Å². The maximum Gasteiger partial charge on any atom is 0.340 e. The molecular weight excluding hydrogens is 256 g/mol. The number of nitrogens with two attached hydrogens (primary N) is 1. The van der Waals surface area contributed by atoms with Crippen LogP contribution in [0.1, 0.15) is 38.1 Å². The van der Waals surface area contributed by atoms with Crippen molar-refractivity contribution < 1.29 is 14.6 Å². The minimum atomic E-state index is -0.858. The summed E-state index contributed by atoms with van der Waals surface area (Å²) in [5, 5.41) is 9.99. The van der Waals surface area contributed by atoms with Gasteiger partial charge in [-0.05, 0) is 45.9 Å². The smallest absolute Gasteiger partial charge is 0.340 e. The van der Waals surface area contributed by atoms with Gasteiger partial charge >= 0.3 is 5.97 Å². The number of nitrogens with zero attached hydrogens (tertiary/aromatic N) is 1. The molecule has 0 aliphatic rings. The average Bonchev–Trinajstić information content (AvgIpc) is 2.35. The van der Waals surface area contributed by atoms with E-state index in [9.17, 15) is 9.90 Å². The first-order chi connectivity index (χ1) is 9.28. The number of rotatable bonds is 6. The average molecular weight is 280 g/mol. The SMILES string of the molecule is CCOC(=O)c1cc(N)ccc1N(CC)CC(C)(C)O. The lowest BCUT2D eigenvalue weighted by molar-refractivity contribution is 0.0525. The molecule has 5 heteroatoms. The van der Waals surface area contributed by atoms with Crippen LogP contribution in [0, 0.1) is 0 Å². The van der Waals surface area contributed by atoms with Gasteiger partial charge in [0.1, 0.15) is 0 Å². The van der Waals surface area contributed by atoms with Gasteiger partial charge < -0.3 is 20.5 Å². The van der Waals surface area contributed by atoms with Gasteiger partial charge in [-0.2, -0.15) is 0 Å². The molecule has 1 aromatic carbocycles. The second kappa shape index (κ2) is 6.61. The number of likely N-dealkylation sites (N-methyl/N-ethyl adjacent to an activating group) is 1. The number of benzene rings is 1. The molecule has 0 spiro atoms. The monoisotopic (exact) mass is 280 g/mol. The van der Waals surface area contributed by atoms with Gasteiger partial charge in [-0.3, -0.25) is 0 Å². The summed E-state index contributed by atoms with van der Waals surface area (Å²) in [6, 6.07) is 5.14. The van der Waals surface area contributed by atoms with E-state index in [-0.39, 0.29) is 0 Å². The molecule has 0 unspecified atom stereocenters. The third kappa shape index (κ3) is 4.42. The number of hydrogen-bond acceptors (Lipinski definition) is 5. The van der Waals surface area contributed by atoms with E-state index in [2.05, 4.69) is 0 Å². The fraction of sp³-hybridized carbons (Fsp3) is 0.533. The first-order valence-electron chi connectivity index (χ1n) is 6.82. The number of hydrogen-bond donors (Lipinski definition) is 2. The van der Waals surface area contributed by atoms with E-state index in [0.29, 0.717) is 30.9 Å². The number of carbonyl (C=O) groups is 1. The highest BCUT2D eigenvalue weighted by molar-refractivity contribution is 5.97. The molecule has 1 rings (SSSR count). The van der Waals surface area contributed by atoms with Gasteiger partial charge in [0, 0.05) is 18.8 Å². The van der Waals surface area contributed by atoms with Crippen LogP contribution in [0.4, 0.5) is 11.4 Å². The van der Waals surface area contributed by atoms with Gasteiger partial charge in [0.2, 0.25) is 0 Å². The van der Waals surface area contributed by atoms with Crippen LogP contribution >= 0.6 is 0 Å². The van der Waals surface area contributed by atoms with Gasteiger partial charge in [-0.1, -0.05) is 0 Å². The Hall–Kier alpha value is -1.75. The molecular formula is C15H24N2O3. The summed E-state index contributed by atoms with van der Waals surface area (Å²) < 4.78 is 5.06. The largest absolute Gasteiger partial charge is 0.462 e. The lowest BCUT2D eigenvalue weighted by atomic mass is 10.1. The topological polar surface area (TPSA) is 75.8 Å². The lowest BCUT2D eigenvalue weighted by Crippen LogP contribution is -2.39. The number of esters is 1. The molecule has 5 nitrogen and oxygen atoms in total. The summed E-state index contributed by atoms with van der Waals surface area (Å²) in [4.78, 5) is 14.0. The van der Waals surface area contributed by atoms with Crippen molar-refractivity contribution in [1.82, 2.24) is 0 Å². The summed E-state index contributed by atoms with van der Waals surface area (Å²) in [6.45, 7) is 8.59. The summed E-state index contributed by atoms with van der Waals surface area (Å²) in [5.41, 5.74) is 6.56. The zero-order chi connectivity index (χ0) is 15.3. The number of nitrogen functional groups attached to an aromatic ring is 1. The minimum absolute atomic E-state index is 0.310. The summed E-state index contributed by atoms with van der Waals surface area (Å²) in [7, 11) is 0. The molecule has 0 saturated heterocycles. The Labute approximate surface area is 120 Å². The third-order valence-corrected chi connectivity index (χ3v) is 2.82. The Morgan fingerprint density at radius 3 is 2.55 bits per heavy atom. The summed E-state index contributed by atoms with van der Waals surface area (Å²) in [5.74, 6) is -0.399. The van der Waals surface area contributed by atoms with Crippen LogP contribution in [0.5, 0.6) is 0 Å². The maximum atomic E-state index is 12.0. The van der Waals surface area contributed by atoms with E-state index in [1.165, 1.54) is 0 Å². The van der Waals surface area contributed by atoms with Gasteiger partial charge in [0.25, 0.3) is 0 Å². The first kappa shape index (κ1) is 16.3. The van der Waals surface area contributed by atoms with Crippen molar-refractivity contribution in [1.29, 1.82) is 0 Å². The Morgan fingerprint density at radius 1 is 1.40 bits per heavy atom. The molecule has 0 saturated carbocycles. The Morgan fingerprint density at radius 2 is 2.05 bits per heavy atom. The number of ether oxygens (including phenoxy) is 1. The van der Waals surface area contributed by atoms with Crippen molar-refractivity contribution >= 4 is 17.3 Å². The fourth-order valence-corrected chi connectivity index (χ4v) is 2.04. The Kier molecular flexibility index (Phi) is 5.39. The van der Waals surface area contributed by atoms with Crippen LogP contribution in [0.2, 0.25) is 0 Å². The molecule has 20 heavy (non-hydrogen) atoms. The molecule has 3 N–H and O–H groups in total. The zero-order valence-electron chi connectivity index (χ0n) is 12.6. The predicted molar refractivity (Wildman–Crippen MR) is 81.0 cm³/mol. The molecule has 0 atom stereocenters. The highest BCUT2D eigenvalue weighted by Gasteiger charge is 2.22. The van der Waals surface area contributed by atoms with Crippen LogP contribution in [-0.2, 0) is 4.74 Å². The van der Waals surface area contributed by atoms with Crippen molar-refractivity contribution in [2.45, 2.75) is 33.3 Å². The predicted octanol–water partition coefficient (Wildman–Crippen LogP) is 2.04. The van der Waals surface area contributed by atoms with Crippen LogP contribution < -0.4 is 10.6 Å². The zero-order valence-corrected chi connectivity index (χ0v) is 12.6. The number of aliphatic hydroxyl groups is 1. The van der Waals surface area contributed by atoms with E-state index in [1.54, 1.807) is 39.0 Å². The molecule has 0 aromatic heterocycles. The number of anilines is 2. The van der Waals surface area contributed by atoms with Crippen molar-refractivity contribution in [2.24, 2.45) is 0 Å². The standard InChI is InChI=1S/C15H24N2O3/c1-5-17(10-15(3,4)19)13-8-7-11(16)9-12(13)14(18)20-6-2/h7-9,19H,5-6,10,16H2,1-4H3. The molecule has 0 amide bonds. The summed E-state index contributed by atoms with van der Waals surface area (Å²) >= 11 is 0. The molecule has 112 valence electrons. The molecule has 0 radical (unpaired) electrons. The van der Waals surface area contributed by atoms with Crippen molar-refractivity contribution in [3.05, 3.63) is 23.8 Å². The molecule has 0 aliphatic carbocycles. The molecule has 0 heterocycles. The van der Waals surface area contributed by atoms with Crippen LogP contribution in [0.3, 0.4) is 0 Å².